The van der Waals surface area contributed by atoms with Crippen molar-refractivity contribution < 1.29 is 9.90 Å². The van der Waals surface area contributed by atoms with E-state index < -0.39 is 11.4 Å². The number of aliphatic carboxylic acids is 1. The van der Waals surface area contributed by atoms with Crippen molar-refractivity contribution >= 4 is 23.1 Å². The molecule has 4 bridgehead atoms. The van der Waals surface area contributed by atoms with Crippen LogP contribution in [0.15, 0.2) is 0 Å². The maximum absolute atomic E-state index is 11.4. The monoisotopic (exact) mass is 210 g/mol. The van der Waals surface area contributed by atoms with Crippen molar-refractivity contribution in [3.8, 4) is 0 Å². The number of thiocarbonyl (C=S) groups is 1. The third-order valence-corrected chi connectivity index (χ3v) is 5.15. The molecule has 0 saturated heterocycles. The molecule has 2 nitrogen and oxygen atoms in total. The molecule has 0 spiro atoms. The van der Waals surface area contributed by atoms with Crippen LogP contribution < -0.4 is 0 Å². The highest BCUT2D eigenvalue weighted by molar-refractivity contribution is 7.80. The number of hydrogen-bond acceptors (Lipinski definition) is 2. The molecular formula is C11H14O2S. The summed E-state index contributed by atoms with van der Waals surface area (Å²) in [5.41, 5.74) is -0.593. The Balaban J connectivity index is 2.05. The van der Waals surface area contributed by atoms with Gasteiger partial charge < -0.3 is 5.11 Å². The minimum Gasteiger partial charge on any atom is -0.481 e. The van der Waals surface area contributed by atoms with Gasteiger partial charge in [-0.2, -0.15) is 0 Å². The highest BCUT2D eigenvalue weighted by atomic mass is 32.1. The lowest BCUT2D eigenvalue weighted by Crippen LogP contribution is -2.56. The van der Waals surface area contributed by atoms with Crippen molar-refractivity contribution in [2.24, 2.45) is 23.2 Å². The van der Waals surface area contributed by atoms with E-state index in [1.165, 1.54) is 19.3 Å². The fourth-order valence-corrected chi connectivity index (χ4v) is 4.50. The van der Waals surface area contributed by atoms with E-state index in [0.29, 0.717) is 17.8 Å². The summed E-state index contributed by atoms with van der Waals surface area (Å²) < 4.78 is 0. The molecule has 3 heteroatoms. The van der Waals surface area contributed by atoms with Gasteiger partial charge in [0.05, 0.1) is 5.41 Å². The van der Waals surface area contributed by atoms with Gasteiger partial charge in [0.15, 0.2) is 0 Å². The summed E-state index contributed by atoms with van der Waals surface area (Å²) in [4.78, 5) is 12.2. The third-order valence-electron chi connectivity index (χ3n) is 4.43. The van der Waals surface area contributed by atoms with Gasteiger partial charge in [-0.15, -0.1) is 0 Å². The Hall–Kier alpha value is -0.440. The molecule has 4 saturated carbocycles. The maximum Gasteiger partial charge on any atom is 0.314 e. The van der Waals surface area contributed by atoms with Crippen LogP contribution in [0.4, 0.5) is 0 Å². The van der Waals surface area contributed by atoms with Gasteiger partial charge in [0, 0.05) is 4.86 Å². The Labute approximate surface area is 88.7 Å². The predicted octanol–water partition coefficient (Wildman–Crippen LogP) is 2.27. The largest absolute Gasteiger partial charge is 0.481 e. The fraction of sp³-hybridized carbons (Fsp3) is 0.818. The first-order valence-corrected chi connectivity index (χ1v) is 5.80. The first-order chi connectivity index (χ1) is 6.62. The standard InChI is InChI=1S/C11H14O2S/c12-10(13)11-4-6-1-7(5-11)3-8(2-6)9(11)14/h6-8H,1-5H2,(H,12,13)/t6-,7+,8?,11?. The molecule has 1 N–H and O–H groups in total. The van der Waals surface area contributed by atoms with Gasteiger partial charge >= 0.3 is 5.97 Å². The van der Waals surface area contributed by atoms with Gasteiger partial charge in [0.1, 0.15) is 0 Å². The minimum atomic E-state index is -0.651. The highest BCUT2D eigenvalue weighted by Crippen LogP contribution is 2.58. The SMILES string of the molecule is O=C(O)C12C[C@@H]3CC(C[C@@H](C3)C1)C2=S. The van der Waals surface area contributed by atoms with E-state index in [4.69, 9.17) is 12.2 Å². The van der Waals surface area contributed by atoms with Crippen molar-refractivity contribution in [2.45, 2.75) is 32.1 Å². The predicted molar refractivity (Wildman–Crippen MR) is 56.2 cm³/mol. The number of carboxylic acid groups (broad SMARTS) is 1. The van der Waals surface area contributed by atoms with Crippen LogP contribution in [0, 0.1) is 23.2 Å². The molecule has 0 radical (unpaired) electrons. The quantitative estimate of drug-likeness (QED) is 0.675. The van der Waals surface area contributed by atoms with Gasteiger partial charge in [-0.1, -0.05) is 12.2 Å². The van der Waals surface area contributed by atoms with Crippen molar-refractivity contribution in [3.05, 3.63) is 0 Å². The van der Waals surface area contributed by atoms with Crippen LogP contribution in [0.25, 0.3) is 0 Å². The molecule has 0 heterocycles. The van der Waals surface area contributed by atoms with Crippen molar-refractivity contribution in [3.63, 3.8) is 0 Å². The molecule has 4 atom stereocenters. The van der Waals surface area contributed by atoms with E-state index in [0.717, 1.165) is 17.7 Å². The van der Waals surface area contributed by atoms with E-state index in [-0.39, 0.29) is 0 Å². The average molecular weight is 210 g/mol. The van der Waals surface area contributed by atoms with Crippen LogP contribution >= 0.6 is 12.2 Å². The molecule has 4 aliphatic carbocycles. The average Bonchev–Trinajstić information content (AvgIpc) is 2.12. The van der Waals surface area contributed by atoms with Gasteiger partial charge in [-0.25, -0.2) is 0 Å². The Morgan fingerprint density at radius 1 is 1.29 bits per heavy atom. The smallest absolute Gasteiger partial charge is 0.314 e. The lowest BCUT2D eigenvalue weighted by molar-refractivity contribution is -0.151. The summed E-state index contributed by atoms with van der Waals surface area (Å²) in [6.45, 7) is 0. The third kappa shape index (κ3) is 0.914. The van der Waals surface area contributed by atoms with Gasteiger partial charge in [0.2, 0.25) is 0 Å². The molecule has 4 rings (SSSR count). The van der Waals surface area contributed by atoms with E-state index in [2.05, 4.69) is 0 Å². The number of carboxylic acids is 1. The van der Waals surface area contributed by atoms with Crippen LogP contribution in [0.2, 0.25) is 0 Å². The summed E-state index contributed by atoms with van der Waals surface area (Å²) in [5, 5.41) is 9.36. The van der Waals surface area contributed by atoms with E-state index >= 15 is 0 Å². The van der Waals surface area contributed by atoms with Crippen LogP contribution in [-0.2, 0) is 4.79 Å². The Bertz CT molecular complexity index is 309. The Morgan fingerprint density at radius 3 is 2.36 bits per heavy atom. The molecule has 4 fully saturated rings. The first kappa shape index (κ1) is 8.84. The van der Waals surface area contributed by atoms with Crippen LogP contribution in [0.1, 0.15) is 32.1 Å². The van der Waals surface area contributed by atoms with E-state index in [9.17, 15) is 9.90 Å². The summed E-state index contributed by atoms with van der Waals surface area (Å²) in [5.74, 6) is 1.10. The minimum absolute atomic E-state index is 0.451. The molecule has 0 aromatic heterocycles. The van der Waals surface area contributed by atoms with Crippen molar-refractivity contribution in [2.75, 3.05) is 0 Å². The molecular weight excluding hydrogens is 196 g/mol. The second kappa shape index (κ2) is 2.57. The molecule has 14 heavy (non-hydrogen) atoms. The van der Waals surface area contributed by atoms with Gasteiger partial charge in [-0.05, 0) is 49.9 Å². The van der Waals surface area contributed by atoms with E-state index in [1.54, 1.807) is 0 Å². The topological polar surface area (TPSA) is 37.3 Å². The molecule has 2 unspecified atom stereocenters. The molecule has 0 amide bonds. The summed E-state index contributed by atoms with van der Waals surface area (Å²) in [6, 6.07) is 0. The van der Waals surface area contributed by atoms with Crippen molar-refractivity contribution in [1.29, 1.82) is 0 Å². The zero-order valence-corrected chi connectivity index (χ0v) is 8.85. The second-order valence-corrected chi connectivity index (χ2v) is 5.74. The zero-order valence-electron chi connectivity index (χ0n) is 8.03. The summed E-state index contributed by atoms with van der Waals surface area (Å²) >= 11 is 5.38. The number of rotatable bonds is 1. The van der Waals surface area contributed by atoms with Crippen molar-refractivity contribution in [1.82, 2.24) is 0 Å². The molecule has 4 aliphatic rings. The lowest BCUT2D eigenvalue weighted by Gasteiger charge is -2.55. The molecule has 0 aliphatic heterocycles. The maximum atomic E-state index is 11.4. The Morgan fingerprint density at radius 2 is 1.86 bits per heavy atom. The molecule has 0 aromatic carbocycles. The highest BCUT2D eigenvalue weighted by Gasteiger charge is 2.58. The Kier molecular flexibility index (Phi) is 1.62. The molecule has 0 aromatic rings. The summed E-state index contributed by atoms with van der Waals surface area (Å²) in [7, 11) is 0. The lowest BCUT2D eigenvalue weighted by atomic mass is 9.49. The summed E-state index contributed by atoms with van der Waals surface area (Å²) in [6.07, 6.45) is 5.26. The second-order valence-electron chi connectivity index (χ2n) is 5.30. The molecule has 76 valence electrons. The normalized spacial score (nSPS) is 49.7. The number of hydrogen-bond donors (Lipinski definition) is 1. The van der Waals surface area contributed by atoms with Gasteiger partial charge in [-0.3, -0.25) is 4.79 Å². The zero-order chi connectivity index (χ0) is 9.92. The van der Waals surface area contributed by atoms with Crippen LogP contribution in [0.5, 0.6) is 0 Å². The van der Waals surface area contributed by atoms with Gasteiger partial charge in [0.25, 0.3) is 0 Å². The van der Waals surface area contributed by atoms with Crippen LogP contribution in [-0.4, -0.2) is 15.9 Å². The number of carbonyl (C=O) groups is 1. The van der Waals surface area contributed by atoms with E-state index in [1.807, 2.05) is 0 Å². The van der Waals surface area contributed by atoms with Crippen LogP contribution in [0.3, 0.4) is 0 Å². The fourth-order valence-electron chi connectivity index (χ4n) is 4.05. The first-order valence-electron chi connectivity index (χ1n) is 5.39.